The molecule has 0 amide bonds. The van der Waals surface area contributed by atoms with Crippen molar-refractivity contribution in [1.29, 1.82) is 0 Å². The van der Waals surface area contributed by atoms with Gasteiger partial charge in [-0.1, -0.05) is 24.3 Å². The standard InChI is InChI=1S/C21H26N4O2S/c22-8-11-28-12-9-23-21(24-18-5-6-19-20(13-18)27-15-26-19)25-10-7-16-3-1-2-4-17(16)14-25/h1-6,13H,7-12,14-15,22H2,(H,23,24). The molecular formula is C21H26N4O2S. The maximum absolute atomic E-state index is 5.58. The fourth-order valence-electron chi connectivity index (χ4n) is 3.40. The van der Waals surface area contributed by atoms with Gasteiger partial charge >= 0.3 is 0 Å². The minimum absolute atomic E-state index is 0.279. The van der Waals surface area contributed by atoms with Crippen molar-refractivity contribution >= 4 is 23.4 Å². The summed E-state index contributed by atoms with van der Waals surface area (Å²) in [5, 5.41) is 3.51. The Morgan fingerprint density at radius 3 is 2.86 bits per heavy atom. The molecule has 0 fully saturated rings. The normalized spacial score (nSPS) is 15.5. The van der Waals surface area contributed by atoms with E-state index in [0.29, 0.717) is 6.54 Å². The van der Waals surface area contributed by atoms with Crippen LogP contribution in [0.25, 0.3) is 0 Å². The smallest absolute Gasteiger partial charge is 0.231 e. The zero-order valence-electron chi connectivity index (χ0n) is 15.9. The average Bonchev–Trinajstić information content (AvgIpc) is 3.20. The summed E-state index contributed by atoms with van der Waals surface area (Å²) in [5.74, 6) is 4.40. The number of fused-ring (bicyclic) bond motifs is 2. The van der Waals surface area contributed by atoms with Gasteiger partial charge in [0.2, 0.25) is 6.79 Å². The number of rotatable bonds is 6. The van der Waals surface area contributed by atoms with Crippen molar-refractivity contribution in [3.05, 3.63) is 53.6 Å². The second kappa shape index (κ2) is 9.21. The van der Waals surface area contributed by atoms with Gasteiger partial charge in [0.25, 0.3) is 0 Å². The van der Waals surface area contributed by atoms with Gasteiger partial charge in [-0.2, -0.15) is 11.8 Å². The van der Waals surface area contributed by atoms with Crippen LogP contribution in [0.4, 0.5) is 5.69 Å². The fourth-order valence-corrected chi connectivity index (χ4v) is 3.99. The summed E-state index contributed by atoms with van der Waals surface area (Å²) < 4.78 is 10.9. The van der Waals surface area contributed by atoms with E-state index >= 15 is 0 Å². The number of ether oxygens (including phenoxy) is 2. The molecular weight excluding hydrogens is 372 g/mol. The quantitative estimate of drug-likeness (QED) is 0.443. The summed E-state index contributed by atoms with van der Waals surface area (Å²) in [7, 11) is 0. The summed E-state index contributed by atoms with van der Waals surface area (Å²) in [6.07, 6.45) is 1.03. The van der Waals surface area contributed by atoms with E-state index in [9.17, 15) is 0 Å². The fraction of sp³-hybridized carbons (Fsp3) is 0.381. The number of nitrogens with one attached hydrogen (secondary N) is 1. The highest BCUT2D eigenvalue weighted by atomic mass is 32.2. The molecule has 0 atom stereocenters. The van der Waals surface area contributed by atoms with Gasteiger partial charge in [0.15, 0.2) is 17.5 Å². The van der Waals surface area contributed by atoms with E-state index in [1.54, 1.807) is 0 Å². The molecule has 4 rings (SSSR count). The number of nitrogens with two attached hydrogens (primary N) is 1. The van der Waals surface area contributed by atoms with E-state index in [4.69, 9.17) is 20.2 Å². The molecule has 2 heterocycles. The van der Waals surface area contributed by atoms with E-state index in [0.717, 1.165) is 60.7 Å². The number of hydrogen-bond acceptors (Lipinski definition) is 5. The van der Waals surface area contributed by atoms with Gasteiger partial charge in [-0.15, -0.1) is 0 Å². The Morgan fingerprint density at radius 1 is 1.11 bits per heavy atom. The first-order valence-corrected chi connectivity index (χ1v) is 10.8. The summed E-state index contributed by atoms with van der Waals surface area (Å²) in [5.41, 5.74) is 9.33. The van der Waals surface area contributed by atoms with E-state index in [-0.39, 0.29) is 6.79 Å². The van der Waals surface area contributed by atoms with Crippen LogP contribution in [0, 0.1) is 0 Å². The molecule has 6 nitrogen and oxygen atoms in total. The summed E-state index contributed by atoms with van der Waals surface area (Å²) in [6.45, 7) is 3.56. The van der Waals surface area contributed by atoms with Gasteiger partial charge in [0.05, 0.1) is 6.54 Å². The van der Waals surface area contributed by atoms with Crippen LogP contribution in [0.5, 0.6) is 11.5 Å². The second-order valence-corrected chi connectivity index (χ2v) is 7.96. The number of thioether (sulfide) groups is 1. The van der Waals surface area contributed by atoms with Crippen LogP contribution in [-0.4, -0.2) is 48.8 Å². The third-order valence-electron chi connectivity index (χ3n) is 4.82. The Hall–Kier alpha value is -2.38. The maximum Gasteiger partial charge on any atom is 0.231 e. The Balaban J connectivity index is 1.49. The van der Waals surface area contributed by atoms with Crippen molar-refractivity contribution < 1.29 is 9.47 Å². The van der Waals surface area contributed by atoms with Gasteiger partial charge in [0, 0.05) is 42.9 Å². The molecule has 0 aromatic heterocycles. The van der Waals surface area contributed by atoms with Crippen LogP contribution in [0.1, 0.15) is 11.1 Å². The molecule has 0 saturated carbocycles. The highest BCUT2D eigenvalue weighted by Crippen LogP contribution is 2.34. The summed E-state index contributed by atoms with van der Waals surface area (Å²) in [4.78, 5) is 7.20. The van der Waals surface area contributed by atoms with Crippen LogP contribution < -0.4 is 20.5 Å². The number of anilines is 1. The van der Waals surface area contributed by atoms with Gasteiger partial charge in [-0.25, -0.2) is 0 Å². The number of guanidine groups is 1. The van der Waals surface area contributed by atoms with E-state index in [2.05, 4.69) is 34.5 Å². The molecule has 2 aromatic rings. The Bertz CT molecular complexity index is 843. The van der Waals surface area contributed by atoms with Crippen molar-refractivity contribution in [2.45, 2.75) is 13.0 Å². The first kappa shape index (κ1) is 19.0. The largest absolute Gasteiger partial charge is 0.454 e. The van der Waals surface area contributed by atoms with Gasteiger partial charge < -0.3 is 25.4 Å². The average molecular weight is 399 g/mol. The molecule has 148 valence electrons. The van der Waals surface area contributed by atoms with Gasteiger partial charge in [0.1, 0.15) is 0 Å². The van der Waals surface area contributed by atoms with Crippen LogP contribution in [0.3, 0.4) is 0 Å². The van der Waals surface area contributed by atoms with Crippen LogP contribution in [-0.2, 0) is 13.0 Å². The number of nitrogens with zero attached hydrogens (tertiary/aromatic N) is 2. The minimum Gasteiger partial charge on any atom is -0.454 e. The molecule has 0 radical (unpaired) electrons. The van der Waals surface area contributed by atoms with Crippen molar-refractivity contribution in [1.82, 2.24) is 4.90 Å². The van der Waals surface area contributed by atoms with E-state index in [1.807, 2.05) is 30.0 Å². The second-order valence-electron chi connectivity index (χ2n) is 6.74. The predicted octanol–water partition coefficient (Wildman–Crippen LogP) is 2.93. The lowest BCUT2D eigenvalue weighted by Crippen LogP contribution is -2.40. The third kappa shape index (κ3) is 4.54. The third-order valence-corrected chi connectivity index (χ3v) is 5.81. The van der Waals surface area contributed by atoms with Crippen molar-refractivity contribution in [2.24, 2.45) is 10.7 Å². The van der Waals surface area contributed by atoms with Crippen LogP contribution in [0.2, 0.25) is 0 Å². The van der Waals surface area contributed by atoms with Gasteiger partial charge in [-0.3, -0.25) is 4.99 Å². The molecule has 28 heavy (non-hydrogen) atoms. The first-order chi connectivity index (χ1) is 13.8. The Morgan fingerprint density at radius 2 is 1.96 bits per heavy atom. The first-order valence-electron chi connectivity index (χ1n) is 9.64. The van der Waals surface area contributed by atoms with Crippen LogP contribution in [0.15, 0.2) is 47.5 Å². The molecule has 0 bridgehead atoms. The molecule has 7 heteroatoms. The van der Waals surface area contributed by atoms with Crippen molar-refractivity contribution in [3.8, 4) is 11.5 Å². The molecule has 2 aromatic carbocycles. The topological polar surface area (TPSA) is 72.1 Å². The Kier molecular flexibility index (Phi) is 6.24. The summed E-state index contributed by atoms with van der Waals surface area (Å²) >= 11 is 1.84. The lowest BCUT2D eigenvalue weighted by Gasteiger charge is -2.32. The van der Waals surface area contributed by atoms with E-state index < -0.39 is 0 Å². The van der Waals surface area contributed by atoms with Gasteiger partial charge in [-0.05, 0) is 29.7 Å². The van der Waals surface area contributed by atoms with Crippen molar-refractivity contribution in [2.75, 3.05) is 43.2 Å². The van der Waals surface area contributed by atoms with Crippen LogP contribution >= 0.6 is 11.8 Å². The molecule has 0 saturated heterocycles. The molecule has 0 aliphatic carbocycles. The lowest BCUT2D eigenvalue weighted by atomic mass is 10.0. The predicted molar refractivity (Wildman–Crippen MR) is 115 cm³/mol. The monoisotopic (exact) mass is 398 g/mol. The molecule has 0 unspecified atom stereocenters. The molecule has 2 aliphatic heterocycles. The van der Waals surface area contributed by atoms with E-state index in [1.165, 1.54) is 11.1 Å². The minimum atomic E-state index is 0.279. The highest BCUT2D eigenvalue weighted by molar-refractivity contribution is 7.99. The number of hydrogen-bond donors (Lipinski definition) is 2. The lowest BCUT2D eigenvalue weighted by molar-refractivity contribution is 0.174. The summed E-state index contributed by atoms with van der Waals surface area (Å²) in [6, 6.07) is 14.6. The zero-order valence-corrected chi connectivity index (χ0v) is 16.7. The SMILES string of the molecule is NCCSCCN=C(Nc1ccc2c(c1)OCO2)N1CCc2ccccc2C1. The molecule has 2 aliphatic rings. The highest BCUT2D eigenvalue weighted by Gasteiger charge is 2.20. The number of benzene rings is 2. The maximum atomic E-state index is 5.58. The number of aliphatic imine (C=N–C) groups is 1. The Labute approximate surface area is 170 Å². The molecule has 3 N–H and O–H groups in total. The van der Waals surface area contributed by atoms with Crippen molar-refractivity contribution in [3.63, 3.8) is 0 Å². The molecule has 0 spiro atoms. The zero-order chi connectivity index (χ0) is 19.2.